The summed E-state index contributed by atoms with van der Waals surface area (Å²) in [5.41, 5.74) is 3.53. The SMILES string of the molecule is CC[C@@H](C)Nc1nc(C)cc(N2CCc3cc(OC)c(OC)cc3C2)n1. The Morgan fingerprint density at radius 2 is 1.81 bits per heavy atom. The van der Waals surface area contributed by atoms with Gasteiger partial charge in [0.05, 0.1) is 14.2 Å². The number of benzene rings is 1. The highest BCUT2D eigenvalue weighted by molar-refractivity contribution is 5.53. The Labute approximate surface area is 155 Å². The first kappa shape index (κ1) is 18.3. The van der Waals surface area contributed by atoms with E-state index in [1.165, 1.54) is 11.1 Å². The Hall–Kier alpha value is -2.50. The van der Waals surface area contributed by atoms with Gasteiger partial charge in [0.15, 0.2) is 11.5 Å². The van der Waals surface area contributed by atoms with Crippen molar-refractivity contribution < 1.29 is 9.47 Å². The van der Waals surface area contributed by atoms with Crippen LogP contribution in [0.5, 0.6) is 11.5 Å². The number of ether oxygens (including phenoxy) is 2. The molecule has 1 aliphatic rings. The van der Waals surface area contributed by atoms with Crippen LogP contribution in [0.2, 0.25) is 0 Å². The van der Waals surface area contributed by atoms with Gasteiger partial charge in [-0.05, 0) is 49.9 Å². The second-order valence-electron chi connectivity index (χ2n) is 6.79. The lowest BCUT2D eigenvalue weighted by Crippen LogP contribution is -2.31. The summed E-state index contributed by atoms with van der Waals surface area (Å²) in [6, 6.07) is 6.57. The summed E-state index contributed by atoms with van der Waals surface area (Å²) in [5, 5.41) is 3.38. The molecule has 6 heteroatoms. The van der Waals surface area contributed by atoms with E-state index < -0.39 is 0 Å². The largest absolute Gasteiger partial charge is 0.493 e. The molecule has 1 aromatic heterocycles. The van der Waals surface area contributed by atoms with Gasteiger partial charge in [-0.2, -0.15) is 4.98 Å². The number of methoxy groups -OCH3 is 2. The molecule has 0 amide bonds. The number of anilines is 2. The first-order chi connectivity index (χ1) is 12.5. The lowest BCUT2D eigenvalue weighted by Gasteiger charge is -2.31. The molecule has 0 saturated heterocycles. The first-order valence-corrected chi connectivity index (χ1v) is 9.15. The van der Waals surface area contributed by atoms with E-state index in [2.05, 4.69) is 41.2 Å². The van der Waals surface area contributed by atoms with Gasteiger partial charge in [-0.15, -0.1) is 0 Å². The molecule has 6 nitrogen and oxygen atoms in total. The number of aromatic nitrogens is 2. The third kappa shape index (κ3) is 3.84. The van der Waals surface area contributed by atoms with Crippen LogP contribution in [0.1, 0.15) is 37.1 Å². The zero-order chi connectivity index (χ0) is 18.7. The second-order valence-corrected chi connectivity index (χ2v) is 6.79. The molecule has 0 fully saturated rings. The minimum absolute atomic E-state index is 0.350. The van der Waals surface area contributed by atoms with Gasteiger partial charge in [-0.1, -0.05) is 6.92 Å². The molecule has 2 heterocycles. The molecule has 1 N–H and O–H groups in total. The molecule has 0 aliphatic carbocycles. The van der Waals surface area contributed by atoms with E-state index in [0.29, 0.717) is 12.0 Å². The van der Waals surface area contributed by atoms with Crippen molar-refractivity contribution in [1.82, 2.24) is 9.97 Å². The molecule has 0 saturated carbocycles. The highest BCUT2D eigenvalue weighted by atomic mass is 16.5. The maximum absolute atomic E-state index is 5.46. The number of hydrogen-bond donors (Lipinski definition) is 1. The second kappa shape index (κ2) is 7.81. The van der Waals surface area contributed by atoms with Gasteiger partial charge >= 0.3 is 0 Å². The lowest BCUT2D eigenvalue weighted by atomic mass is 9.99. The van der Waals surface area contributed by atoms with Gasteiger partial charge in [0.1, 0.15) is 5.82 Å². The first-order valence-electron chi connectivity index (χ1n) is 9.15. The molecular weight excluding hydrogens is 328 g/mol. The highest BCUT2D eigenvalue weighted by Gasteiger charge is 2.21. The van der Waals surface area contributed by atoms with Crippen LogP contribution in [0.25, 0.3) is 0 Å². The van der Waals surface area contributed by atoms with Gasteiger partial charge in [0.25, 0.3) is 0 Å². The van der Waals surface area contributed by atoms with Gasteiger partial charge < -0.3 is 19.7 Å². The van der Waals surface area contributed by atoms with Gasteiger partial charge in [-0.3, -0.25) is 0 Å². The van der Waals surface area contributed by atoms with Crippen LogP contribution in [-0.4, -0.2) is 36.8 Å². The number of aryl methyl sites for hydroxylation is 1. The Morgan fingerprint density at radius 1 is 1.12 bits per heavy atom. The van der Waals surface area contributed by atoms with Crippen LogP contribution in [0.4, 0.5) is 11.8 Å². The summed E-state index contributed by atoms with van der Waals surface area (Å²) in [5.74, 6) is 3.22. The van der Waals surface area contributed by atoms with Crippen molar-refractivity contribution in [3.8, 4) is 11.5 Å². The molecule has 0 radical (unpaired) electrons. The lowest BCUT2D eigenvalue weighted by molar-refractivity contribution is 0.353. The van der Waals surface area contributed by atoms with Crippen molar-refractivity contribution in [2.45, 2.75) is 46.2 Å². The standard InChI is InChI=1S/C20H28N4O2/c1-6-13(2)21-20-22-14(3)9-19(23-20)24-8-7-15-10-17(25-4)18(26-5)11-16(15)12-24/h9-11,13H,6-8,12H2,1-5H3,(H,21,22,23)/t13-/m1/s1. The normalized spacial score (nSPS) is 14.6. The summed E-state index contributed by atoms with van der Waals surface area (Å²) < 4.78 is 10.9. The van der Waals surface area contributed by atoms with E-state index >= 15 is 0 Å². The Bertz CT molecular complexity index is 779. The third-order valence-corrected chi connectivity index (χ3v) is 4.87. The fourth-order valence-electron chi connectivity index (χ4n) is 3.18. The van der Waals surface area contributed by atoms with Crippen LogP contribution in [0.15, 0.2) is 18.2 Å². The van der Waals surface area contributed by atoms with Crippen molar-refractivity contribution in [2.24, 2.45) is 0 Å². The van der Waals surface area contributed by atoms with E-state index in [1.807, 2.05) is 13.0 Å². The number of fused-ring (bicyclic) bond motifs is 1. The highest BCUT2D eigenvalue weighted by Crippen LogP contribution is 2.34. The van der Waals surface area contributed by atoms with Crippen molar-refractivity contribution in [2.75, 3.05) is 31.0 Å². The Kier molecular flexibility index (Phi) is 5.49. The average Bonchev–Trinajstić information content (AvgIpc) is 2.65. The van der Waals surface area contributed by atoms with Crippen LogP contribution in [0, 0.1) is 6.92 Å². The predicted molar refractivity (Wildman–Crippen MR) is 104 cm³/mol. The zero-order valence-corrected chi connectivity index (χ0v) is 16.3. The average molecular weight is 356 g/mol. The van der Waals surface area contributed by atoms with Gasteiger partial charge in [0.2, 0.25) is 5.95 Å². The van der Waals surface area contributed by atoms with Crippen LogP contribution < -0.4 is 19.7 Å². The Balaban J connectivity index is 1.86. The fourth-order valence-corrected chi connectivity index (χ4v) is 3.18. The predicted octanol–water partition coefficient (Wildman–Crippen LogP) is 3.58. The molecular formula is C20H28N4O2. The molecule has 1 aromatic carbocycles. The fraction of sp³-hybridized carbons (Fsp3) is 0.500. The van der Waals surface area contributed by atoms with Crippen LogP contribution >= 0.6 is 0 Å². The van der Waals surface area contributed by atoms with E-state index in [0.717, 1.165) is 48.9 Å². The van der Waals surface area contributed by atoms with Crippen molar-refractivity contribution in [3.05, 3.63) is 35.0 Å². The van der Waals surface area contributed by atoms with Crippen LogP contribution in [-0.2, 0) is 13.0 Å². The monoisotopic (exact) mass is 356 g/mol. The molecule has 0 spiro atoms. The summed E-state index contributed by atoms with van der Waals surface area (Å²) in [4.78, 5) is 11.6. The van der Waals surface area contributed by atoms with Crippen molar-refractivity contribution in [3.63, 3.8) is 0 Å². The van der Waals surface area contributed by atoms with Crippen molar-refractivity contribution in [1.29, 1.82) is 0 Å². The maximum Gasteiger partial charge on any atom is 0.225 e. The molecule has 2 aromatic rings. The molecule has 140 valence electrons. The molecule has 0 unspecified atom stereocenters. The van der Waals surface area contributed by atoms with Crippen molar-refractivity contribution >= 4 is 11.8 Å². The maximum atomic E-state index is 5.46. The van der Waals surface area contributed by atoms with E-state index in [-0.39, 0.29) is 0 Å². The number of nitrogens with one attached hydrogen (secondary N) is 1. The summed E-state index contributed by atoms with van der Waals surface area (Å²) >= 11 is 0. The topological polar surface area (TPSA) is 59.5 Å². The van der Waals surface area contributed by atoms with E-state index in [4.69, 9.17) is 14.5 Å². The van der Waals surface area contributed by atoms with Gasteiger partial charge in [0, 0.05) is 30.9 Å². The molecule has 3 rings (SSSR count). The van der Waals surface area contributed by atoms with Gasteiger partial charge in [-0.25, -0.2) is 4.98 Å². The number of rotatable bonds is 6. The summed E-state index contributed by atoms with van der Waals surface area (Å²) in [6.07, 6.45) is 1.98. The summed E-state index contributed by atoms with van der Waals surface area (Å²) in [6.45, 7) is 8.02. The smallest absolute Gasteiger partial charge is 0.225 e. The molecule has 0 bridgehead atoms. The van der Waals surface area contributed by atoms with E-state index in [9.17, 15) is 0 Å². The summed E-state index contributed by atoms with van der Waals surface area (Å²) in [7, 11) is 3.35. The Morgan fingerprint density at radius 3 is 2.46 bits per heavy atom. The quantitative estimate of drug-likeness (QED) is 0.854. The molecule has 26 heavy (non-hydrogen) atoms. The third-order valence-electron chi connectivity index (χ3n) is 4.87. The number of hydrogen-bond acceptors (Lipinski definition) is 6. The zero-order valence-electron chi connectivity index (χ0n) is 16.3. The van der Waals surface area contributed by atoms with E-state index in [1.54, 1.807) is 14.2 Å². The molecule has 1 aliphatic heterocycles. The minimum atomic E-state index is 0.350. The van der Waals surface area contributed by atoms with Crippen LogP contribution in [0.3, 0.4) is 0 Å². The molecule has 1 atom stereocenters. The number of nitrogens with zero attached hydrogens (tertiary/aromatic N) is 3. The minimum Gasteiger partial charge on any atom is -0.493 e.